The molecule has 0 fully saturated rings. The monoisotopic (exact) mass is 1350 g/mol. The van der Waals surface area contributed by atoms with Crippen LogP contribution in [0.15, 0.2) is 364 Å². The van der Waals surface area contributed by atoms with Crippen molar-refractivity contribution in [1.29, 1.82) is 0 Å². The van der Waals surface area contributed by atoms with E-state index >= 15 is 0 Å². The van der Waals surface area contributed by atoms with Gasteiger partial charge in [-0.1, -0.05) is 302 Å². The van der Waals surface area contributed by atoms with E-state index < -0.39 is 0 Å². The zero-order valence-corrected chi connectivity index (χ0v) is 60.3. The van der Waals surface area contributed by atoms with Crippen LogP contribution in [-0.2, 0) is 10.8 Å². The second kappa shape index (κ2) is 26.4. The van der Waals surface area contributed by atoms with Crippen molar-refractivity contribution < 1.29 is 0 Å². The summed E-state index contributed by atoms with van der Waals surface area (Å²) in [6.45, 7) is 13.9. The summed E-state index contributed by atoms with van der Waals surface area (Å²) in [5.41, 5.74) is 31.0. The van der Waals surface area contributed by atoms with Crippen LogP contribution in [-0.4, -0.2) is 6.71 Å². The first-order valence-electron chi connectivity index (χ1n) is 37.1. The molecule has 18 rings (SSSR count). The van der Waals surface area contributed by atoms with Gasteiger partial charge in [0.2, 0.25) is 0 Å². The van der Waals surface area contributed by atoms with Crippen LogP contribution in [0, 0.1) is 0 Å². The molecule has 105 heavy (non-hydrogen) atoms. The number of rotatable bonds is 13. The van der Waals surface area contributed by atoms with Crippen LogP contribution in [0.3, 0.4) is 0 Å². The topological polar surface area (TPSA) is 13.0 Å². The molecule has 0 aromatic heterocycles. The van der Waals surface area contributed by atoms with Crippen molar-refractivity contribution in [2.24, 2.45) is 0 Å². The number of allylic oxidation sites excluding steroid dienone is 4. The highest BCUT2D eigenvalue weighted by molar-refractivity contribution is 7.00. The van der Waals surface area contributed by atoms with E-state index in [-0.39, 0.29) is 17.5 Å². The highest BCUT2D eigenvalue weighted by Gasteiger charge is 2.46. The van der Waals surface area contributed by atoms with Crippen molar-refractivity contribution in [2.75, 3.05) is 19.6 Å². The number of hydrogen-bond acceptors (Lipinski definition) is 4. The first kappa shape index (κ1) is 64.6. The van der Waals surface area contributed by atoms with Crippen molar-refractivity contribution in [2.45, 2.75) is 65.2 Å². The van der Waals surface area contributed by atoms with E-state index in [1.54, 1.807) is 0 Å². The number of fused-ring (bicyclic) bond motifs is 6. The molecule has 15 aromatic rings. The van der Waals surface area contributed by atoms with Gasteiger partial charge in [0.05, 0.1) is 17.1 Å². The van der Waals surface area contributed by atoms with Crippen molar-refractivity contribution in [3.8, 4) is 55.6 Å². The van der Waals surface area contributed by atoms with Gasteiger partial charge in [0, 0.05) is 84.2 Å². The van der Waals surface area contributed by atoms with Crippen LogP contribution in [0.5, 0.6) is 0 Å². The lowest BCUT2D eigenvalue weighted by Gasteiger charge is -2.46. The molecule has 0 bridgehead atoms. The molecule has 0 spiro atoms. The van der Waals surface area contributed by atoms with Crippen LogP contribution in [0.25, 0.3) is 77.2 Å². The summed E-state index contributed by atoms with van der Waals surface area (Å²) in [5.74, 6) is 0. The molecule has 3 aliphatic rings. The molecular weight excluding hydrogens is 1270 g/mol. The molecule has 15 aromatic carbocycles. The SMILES string of the molecule is CC(C)(C)c1cc(-c2ccccc2)c(N2c3cc(-c4c5ccccc5c(N(C5=CC=CCC5)c5ccccc5)c5ccccc45)ccc3B3c4ccc(N(c5ccccc5)c5ccccc5)cc4N(c4c(-c5ccccc5)cc(C(C)(C)C)cc4-c4ccccc4)c4cccc2c43)c(-c2ccccc2)c1. The lowest BCUT2D eigenvalue weighted by molar-refractivity contribution is 0.590. The normalized spacial score (nSPS) is 13.1. The average molecular weight is 1350 g/mol. The van der Waals surface area contributed by atoms with Gasteiger partial charge in [-0.25, -0.2) is 0 Å². The van der Waals surface area contributed by atoms with Crippen molar-refractivity contribution >= 4 is 107 Å². The molecule has 0 saturated heterocycles. The Morgan fingerprint density at radius 1 is 0.314 bits per heavy atom. The molecular formula is C100H81BN4. The van der Waals surface area contributed by atoms with Gasteiger partial charge in [-0.05, 0) is 192 Å². The molecule has 0 unspecified atom stereocenters. The fourth-order valence-corrected chi connectivity index (χ4v) is 16.7. The van der Waals surface area contributed by atoms with Gasteiger partial charge in [0.1, 0.15) is 0 Å². The Hall–Kier alpha value is -12.4. The Kier molecular flexibility index (Phi) is 16.3. The highest BCUT2D eigenvalue weighted by atomic mass is 15.2. The summed E-state index contributed by atoms with van der Waals surface area (Å²) < 4.78 is 0. The molecule has 504 valence electrons. The zero-order valence-electron chi connectivity index (χ0n) is 60.3. The van der Waals surface area contributed by atoms with E-state index in [1.807, 2.05) is 0 Å². The molecule has 0 saturated carbocycles. The summed E-state index contributed by atoms with van der Waals surface area (Å²) in [4.78, 5) is 10.3. The molecule has 2 aliphatic heterocycles. The molecule has 0 amide bonds. The number of benzene rings is 15. The third-order valence-electron chi connectivity index (χ3n) is 21.7. The number of para-hydroxylation sites is 3. The zero-order chi connectivity index (χ0) is 70.9. The first-order chi connectivity index (χ1) is 51.4. The summed E-state index contributed by atoms with van der Waals surface area (Å²) in [7, 11) is 0. The van der Waals surface area contributed by atoms with Gasteiger partial charge < -0.3 is 19.6 Å². The molecule has 5 heteroatoms. The Bertz CT molecular complexity index is 5640. The van der Waals surface area contributed by atoms with Crippen LogP contribution < -0.4 is 36.0 Å². The molecule has 1 aliphatic carbocycles. The minimum absolute atomic E-state index is 0.187. The van der Waals surface area contributed by atoms with Crippen LogP contribution >= 0.6 is 0 Å². The fraction of sp³-hybridized carbons (Fsp3) is 0.100. The van der Waals surface area contributed by atoms with Gasteiger partial charge in [-0.3, -0.25) is 0 Å². The first-order valence-corrected chi connectivity index (χ1v) is 37.1. The lowest BCUT2D eigenvalue weighted by Crippen LogP contribution is -2.61. The van der Waals surface area contributed by atoms with Gasteiger partial charge >= 0.3 is 0 Å². The van der Waals surface area contributed by atoms with Crippen molar-refractivity contribution in [3.05, 3.63) is 375 Å². The number of nitrogens with zero attached hydrogens (tertiary/aromatic N) is 4. The number of hydrogen-bond donors (Lipinski definition) is 0. The van der Waals surface area contributed by atoms with Crippen LogP contribution in [0.2, 0.25) is 0 Å². The standard InChI is InChI=1S/C100H81BN4/c1-99(2,3)73-63-84(68-36-15-7-16-37-68)97(85(64-73)69-38-17-8-18-39-69)104-90-56-35-57-91-95(90)101(88-60-58-72(62-92(88)104)94-80-52-31-33-54-82(80)96(83-55-34-32-53-81(83)94)103(77-48-27-13-28-49-77)78-50-29-14-30-51-78)89-61-59-79(102(75-44-23-11-24-45-75)76-46-25-12-26-47-76)67-93(89)105(91)98-86(70-40-19-9-20-41-70)65-74(100(4,5)6)66-87(98)71-42-21-10-22-43-71/h7-29,31-50,52-67H,30,51H2,1-6H3. The summed E-state index contributed by atoms with van der Waals surface area (Å²) in [6.07, 6.45) is 8.75. The fourth-order valence-electron chi connectivity index (χ4n) is 16.7. The minimum Gasteiger partial charge on any atom is -0.313 e. The molecule has 4 nitrogen and oxygen atoms in total. The van der Waals surface area contributed by atoms with E-state index in [1.165, 1.54) is 66.0 Å². The minimum atomic E-state index is -0.241. The predicted molar refractivity (Wildman–Crippen MR) is 450 cm³/mol. The van der Waals surface area contributed by atoms with Gasteiger partial charge in [0.25, 0.3) is 6.71 Å². The highest BCUT2D eigenvalue weighted by Crippen LogP contribution is 2.56. The molecule has 0 radical (unpaired) electrons. The van der Waals surface area contributed by atoms with E-state index in [9.17, 15) is 0 Å². The smallest absolute Gasteiger partial charge is 0.252 e. The van der Waals surface area contributed by atoms with E-state index in [0.717, 1.165) is 120 Å². The maximum Gasteiger partial charge on any atom is 0.252 e. The summed E-state index contributed by atoms with van der Waals surface area (Å²) in [6, 6.07) is 128. The van der Waals surface area contributed by atoms with Crippen LogP contribution in [0.1, 0.15) is 65.5 Å². The molecule has 0 atom stereocenters. The van der Waals surface area contributed by atoms with Crippen molar-refractivity contribution in [1.82, 2.24) is 0 Å². The summed E-state index contributed by atoms with van der Waals surface area (Å²) in [5, 5.41) is 4.79. The van der Waals surface area contributed by atoms with E-state index in [4.69, 9.17) is 0 Å². The largest absolute Gasteiger partial charge is 0.313 e. The molecule has 0 N–H and O–H groups in total. The Labute approximate surface area is 618 Å². The average Bonchev–Trinajstić information content (AvgIpc) is 0.691. The van der Waals surface area contributed by atoms with E-state index in [2.05, 4.69) is 419 Å². The van der Waals surface area contributed by atoms with Crippen molar-refractivity contribution in [3.63, 3.8) is 0 Å². The Morgan fingerprint density at radius 3 is 1.09 bits per heavy atom. The van der Waals surface area contributed by atoms with E-state index in [0.29, 0.717) is 0 Å². The third-order valence-corrected chi connectivity index (χ3v) is 21.7. The number of anilines is 11. The summed E-state index contributed by atoms with van der Waals surface area (Å²) >= 11 is 0. The maximum absolute atomic E-state index is 2.70. The Morgan fingerprint density at radius 2 is 0.686 bits per heavy atom. The quantitative estimate of drug-likeness (QED) is 0.0842. The van der Waals surface area contributed by atoms with Gasteiger partial charge in [0.15, 0.2) is 0 Å². The Balaban J connectivity index is 0.986. The van der Waals surface area contributed by atoms with Gasteiger partial charge in [-0.15, -0.1) is 0 Å². The second-order valence-electron chi connectivity index (χ2n) is 30.3. The second-order valence-corrected chi connectivity index (χ2v) is 30.3. The van der Waals surface area contributed by atoms with Gasteiger partial charge in [-0.2, -0.15) is 0 Å². The lowest BCUT2D eigenvalue weighted by atomic mass is 9.33. The predicted octanol–water partition coefficient (Wildman–Crippen LogP) is 25.8. The molecule has 2 heterocycles. The maximum atomic E-state index is 2.70. The van der Waals surface area contributed by atoms with Crippen LogP contribution in [0.4, 0.5) is 62.6 Å². The third kappa shape index (κ3) is 11.4.